The lowest BCUT2D eigenvalue weighted by molar-refractivity contribution is -0.505. The normalized spacial score (nSPS) is 12.9. The van der Waals surface area contributed by atoms with Crippen molar-refractivity contribution in [3.8, 4) is 0 Å². The Hall–Kier alpha value is -1.62. The van der Waals surface area contributed by atoms with Crippen molar-refractivity contribution in [1.29, 1.82) is 0 Å². The molecule has 1 aromatic heterocycles. The maximum absolute atomic E-state index is 10.4. The van der Waals surface area contributed by atoms with Crippen molar-refractivity contribution >= 4 is 22.6 Å². The Morgan fingerprint density at radius 1 is 1.50 bits per heavy atom. The molecule has 2 rings (SSSR count). The molecule has 0 bridgehead atoms. The zero-order chi connectivity index (χ0) is 10.1. The monoisotopic (exact) mass is 211 g/mol. The molecule has 0 aliphatic heterocycles. The highest BCUT2D eigenvalue weighted by Crippen LogP contribution is 2.20. The molecule has 14 heavy (non-hydrogen) atoms. The fraction of sp³-hybridized carbons (Fsp3) is 0.125. The van der Waals surface area contributed by atoms with Gasteiger partial charge in [0.05, 0.1) is 11.0 Å². The smallest absolute Gasteiger partial charge is 0.335 e. The quantitative estimate of drug-likeness (QED) is 0.358. The molecule has 1 atom stereocenters. The average molecular weight is 212 g/mol. The first kappa shape index (κ1) is 8.96. The van der Waals surface area contributed by atoms with E-state index in [1.165, 1.54) is 0 Å². The van der Waals surface area contributed by atoms with Gasteiger partial charge in [-0.25, -0.2) is 4.98 Å². The third kappa shape index (κ3) is 1.42. The Labute approximate surface area is 83.9 Å². The highest BCUT2D eigenvalue weighted by atomic mass is 35.5. The van der Waals surface area contributed by atoms with Crippen molar-refractivity contribution < 1.29 is 4.92 Å². The number of nitrogens with zero attached hydrogens (tertiary/aromatic N) is 2. The van der Waals surface area contributed by atoms with E-state index in [1.807, 2.05) is 12.1 Å². The van der Waals surface area contributed by atoms with Crippen LogP contribution in [0.4, 0.5) is 0 Å². The van der Waals surface area contributed by atoms with Gasteiger partial charge in [0, 0.05) is 4.92 Å². The van der Waals surface area contributed by atoms with E-state index in [1.54, 1.807) is 12.1 Å². The molecule has 0 fully saturated rings. The number of hydrogen-bond donors (Lipinski definition) is 1. The lowest BCUT2D eigenvalue weighted by Gasteiger charge is -1.94. The van der Waals surface area contributed by atoms with Gasteiger partial charge in [-0.05, 0) is 23.7 Å². The summed E-state index contributed by atoms with van der Waals surface area (Å²) in [6, 6.07) is 7.18. The summed E-state index contributed by atoms with van der Waals surface area (Å²) in [5.41, 5.74) is 0.104. The van der Waals surface area contributed by atoms with Gasteiger partial charge in [0.25, 0.3) is 0 Å². The van der Waals surface area contributed by atoms with Gasteiger partial charge in [-0.15, -0.1) is 0 Å². The average Bonchev–Trinajstić information content (AvgIpc) is 2.59. The van der Waals surface area contributed by atoms with E-state index in [2.05, 4.69) is 9.97 Å². The molecule has 6 heteroatoms. The van der Waals surface area contributed by atoms with Gasteiger partial charge in [0.15, 0.2) is 5.82 Å². The van der Waals surface area contributed by atoms with E-state index in [4.69, 9.17) is 11.6 Å². The number of nitro groups is 1. The summed E-state index contributed by atoms with van der Waals surface area (Å²) in [5, 5.41) is 10.4. The van der Waals surface area contributed by atoms with Gasteiger partial charge in [0.1, 0.15) is 0 Å². The van der Waals surface area contributed by atoms with Gasteiger partial charge in [0.2, 0.25) is 0 Å². The van der Waals surface area contributed by atoms with E-state index in [-0.39, 0.29) is 5.82 Å². The highest BCUT2D eigenvalue weighted by Gasteiger charge is 2.22. The van der Waals surface area contributed by atoms with Crippen LogP contribution < -0.4 is 0 Å². The molecule has 2 aromatic rings. The second-order valence-electron chi connectivity index (χ2n) is 2.76. The minimum atomic E-state index is -1.32. The molecule has 0 saturated carbocycles. The Morgan fingerprint density at radius 2 is 2.21 bits per heavy atom. The second kappa shape index (κ2) is 3.26. The number of benzene rings is 1. The highest BCUT2D eigenvalue weighted by molar-refractivity contribution is 6.19. The predicted octanol–water partition coefficient (Wildman–Crippen LogP) is 2.08. The maximum atomic E-state index is 10.4. The molecule has 1 unspecified atom stereocenters. The molecule has 0 amide bonds. The van der Waals surface area contributed by atoms with E-state index in [0.717, 1.165) is 5.52 Å². The standard InChI is InChI=1S/C8H6ClN3O2/c9-7(12(13)14)8-10-5-3-1-2-4-6(5)11-8/h1-4,7H,(H,10,11). The summed E-state index contributed by atoms with van der Waals surface area (Å²) < 4.78 is 0. The summed E-state index contributed by atoms with van der Waals surface area (Å²) in [6.07, 6.45) is 0. The van der Waals surface area contributed by atoms with Crippen LogP contribution in [0.1, 0.15) is 11.3 Å². The van der Waals surface area contributed by atoms with Gasteiger partial charge in [-0.3, -0.25) is 10.1 Å². The topological polar surface area (TPSA) is 71.8 Å². The van der Waals surface area contributed by atoms with Gasteiger partial charge >= 0.3 is 5.50 Å². The first-order valence-corrected chi connectivity index (χ1v) is 4.34. The fourth-order valence-electron chi connectivity index (χ4n) is 1.19. The van der Waals surface area contributed by atoms with Crippen molar-refractivity contribution in [3.63, 3.8) is 0 Å². The molecule has 1 aromatic carbocycles. The van der Waals surface area contributed by atoms with Gasteiger partial charge in [-0.1, -0.05) is 12.1 Å². The number of aromatic nitrogens is 2. The van der Waals surface area contributed by atoms with Crippen LogP contribution in [0, 0.1) is 10.1 Å². The molecular formula is C8H6ClN3O2. The van der Waals surface area contributed by atoms with Crippen molar-refractivity contribution in [3.05, 3.63) is 40.2 Å². The van der Waals surface area contributed by atoms with Crippen LogP contribution in [0.5, 0.6) is 0 Å². The number of para-hydroxylation sites is 2. The van der Waals surface area contributed by atoms with Gasteiger partial charge in [-0.2, -0.15) is 0 Å². The molecule has 0 aliphatic rings. The fourth-order valence-corrected chi connectivity index (χ4v) is 1.29. The third-order valence-corrected chi connectivity index (χ3v) is 2.18. The summed E-state index contributed by atoms with van der Waals surface area (Å²) >= 11 is 5.52. The molecule has 5 nitrogen and oxygen atoms in total. The predicted molar refractivity (Wildman–Crippen MR) is 51.7 cm³/mol. The lowest BCUT2D eigenvalue weighted by atomic mass is 10.3. The van der Waals surface area contributed by atoms with Crippen LogP contribution in [0.3, 0.4) is 0 Å². The number of imidazole rings is 1. The molecule has 1 heterocycles. The number of nitrogens with one attached hydrogen (secondary N) is 1. The largest absolute Gasteiger partial charge is 0.343 e. The number of H-pyrrole nitrogens is 1. The van der Waals surface area contributed by atoms with Crippen LogP contribution in [-0.4, -0.2) is 14.9 Å². The summed E-state index contributed by atoms with van der Waals surface area (Å²) in [6.45, 7) is 0. The lowest BCUT2D eigenvalue weighted by Crippen LogP contribution is -2.04. The zero-order valence-corrected chi connectivity index (χ0v) is 7.73. The first-order chi connectivity index (χ1) is 6.68. The maximum Gasteiger partial charge on any atom is 0.343 e. The summed E-state index contributed by atoms with van der Waals surface area (Å²) in [7, 11) is 0. The van der Waals surface area contributed by atoms with Crippen molar-refractivity contribution in [1.82, 2.24) is 9.97 Å². The van der Waals surface area contributed by atoms with E-state index >= 15 is 0 Å². The molecule has 72 valence electrons. The van der Waals surface area contributed by atoms with Crippen molar-refractivity contribution in [2.45, 2.75) is 5.50 Å². The number of aromatic amines is 1. The Balaban J connectivity index is 2.50. The van der Waals surface area contributed by atoms with Crippen molar-refractivity contribution in [2.75, 3.05) is 0 Å². The van der Waals surface area contributed by atoms with Crippen LogP contribution >= 0.6 is 11.6 Å². The number of hydrogen-bond acceptors (Lipinski definition) is 3. The molecule has 0 radical (unpaired) electrons. The SMILES string of the molecule is O=[N+]([O-])C(Cl)c1nc2ccccc2[nH]1. The number of halogens is 1. The number of fused-ring (bicyclic) bond motifs is 1. The zero-order valence-electron chi connectivity index (χ0n) is 6.98. The van der Waals surface area contributed by atoms with E-state index in [0.29, 0.717) is 5.52 Å². The second-order valence-corrected chi connectivity index (χ2v) is 3.17. The molecule has 0 saturated heterocycles. The molecule has 0 spiro atoms. The Bertz CT molecular complexity index is 449. The van der Waals surface area contributed by atoms with E-state index < -0.39 is 10.4 Å². The first-order valence-electron chi connectivity index (χ1n) is 3.90. The minimum Gasteiger partial charge on any atom is -0.335 e. The Kier molecular flexibility index (Phi) is 2.09. The number of alkyl halides is 1. The van der Waals surface area contributed by atoms with Crippen LogP contribution in [-0.2, 0) is 0 Å². The molecular weight excluding hydrogens is 206 g/mol. The van der Waals surface area contributed by atoms with Crippen LogP contribution in [0.15, 0.2) is 24.3 Å². The number of rotatable bonds is 2. The molecule has 1 N–H and O–H groups in total. The van der Waals surface area contributed by atoms with Crippen LogP contribution in [0.25, 0.3) is 11.0 Å². The van der Waals surface area contributed by atoms with Crippen molar-refractivity contribution in [2.24, 2.45) is 0 Å². The summed E-state index contributed by atoms with van der Waals surface area (Å²) in [5.74, 6) is 0.165. The summed E-state index contributed by atoms with van der Waals surface area (Å²) in [4.78, 5) is 16.6. The third-order valence-electron chi connectivity index (χ3n) is 1.82. The molecule has 0 aliphatic carbocycles. The van der Waals surface area contributed by atoms with E-state index in [9.17, 15) is 10.1 Å². The van der Waals surface area contributed by atoms with Crippen LogP contribution in [0.2, 0.25) is 0 Å². The minimum absolute atomic E-state index is 0.165. The van der Waals surface area contributed by atoms with Gasteiger partial charge < -0.3 is 4.98 Å². The Morgan fingerprint density at radius 3 is 2.86 bits per heavy atom.